The van der Waals surface area contributed by atoms with Crippen molar-refractivity contribution in [2.24, 2.45) is 5.10 Å². The molecule has 24 heavy (non-hydrogen) atoms. The standard InChI is InChI=1S/C18H16N4O2/c1-2-22-12-15(17(23)14-5-3-4-6-16(14)22)18(24)21-20-11-13-7-9-19-10-8-13/h3-12H,2H2,1H3,(H,21,24)/b20-11+. The molecule has 0 aliphatic carbocycles. The number of amides is 1. The third-order valence-electron chi connectivity index (χ3n) is 3.66. The first kappa shape index (κ1) is 15.6. The van der Waals surface area contributed by atoms with E-state index < -0.39 is 5.91 Å². The molecule has 0 saturated carbocycles. The summed E-state index contributed by atoms with van der Waals surface area (Å²) in [6, 6.07) is 10.8. The van der Waals surface area contributed by atoms with E-state index in [0.717, 1.165) is 11.1 Å². The summed E-state index contributed by atoms with van der Waals surface area (Å²) in [5, 5.41) is 4.41. The van der Waals surface area contributed by atoms with Crippen molar-refractivity contribution in [2.75, 3.05) is 0 Å². The fraction of sp³-hybridized carbons (Fsp3) is 0.111. The maximum absolute atomic E-state index is 12.5. The number of nitrogens with zero attached hydrogens (tertiary/aromatic N) is 3. The van der Waals surface area contributed by atoms with Gasteiger partial charge in [-0.3, -0.25) is 14.6 Å². The van der Waals surface area contributed by atoms with Crippen LogP contribution >= 0.6 is 0 Å². The fourth-order valence-electron chi connectivity index (χ4n) is 2.44. The molecule has 3 aromatic rings. The van der Waals surface area contributed by atoms with Crippen LogP contribution in [0.15, 0.2) is 64.9 Å². The van der Waals surface area contributed by atoms with E-state index >= 15 is 0 Å². The predicted octanol–water partition coefficient (Wildman–Crippen LogP) is 2.18. The van der Waals surface area contributed by atoms with Crippen LogP contribution in [0.1, 0.15) is 22.8 Å². The van der Waals surface area contributed by atoms with E-state index in [2.05, 4.69) is 15.5 Å². The van der Waals surface area contributed by atoms with E-state index in [1.54, 1.807) is 42.9 Å². The molecule has 0 aliphatic rings. The minimum atomic E-state index is -0.529. The van der Waals surface area contributed by atoms with Gasteiger partial charge < -0.3 is 4.57 Å². The molecule has 6 heteroatoms. The second kappa shape index (κ2) is 6.87. The van der Waals surface area contributed by atoms with Crippen molar-refractivity contribution in [1.82, 2.24) is 15.0 Å². The Hall–Kier alpha value is -3.28. The predicted molar refractivity (Wildman–Crippen MR) is 93.2 cm³/mol. The van der Waals surface area contributed by atoms with Crippen molar-refractivity contribution in [3.63, 3.8) is 0 Å². The Balaban J connectivity index is 1.91. The summed E-state index contributed by atoms with van der Waals surface area (Å²) in [5.41, 5.74) is 3.78. The summed E-state index contributed by atoms with van der Waals surface area (Å²) in [4.78, 5) is 28.8. The van der Waals surface area contributed by atoms with Crippen LogP contribution in [0.2, 0.25) is 0 Å². The summed E-state index contributed by atoms with van der Waals surface area (Å²) in [6.45, 7) is 2.61. The second-order valence-corrected chi connectivity index (χ2v) is 5.15. The number of carbonyl (C=O) groups is 1. The average molecular weight is 320 g/mol. The molecular formula is C18H16N4O2. The molecule has 0 bridgehead atoms. The number of para-hydroxylation sites is 1. The van der Waals surface area contributed by atoms with Gasteiger partial charge in [0.25, 0.3) is 5.91 Å². The average Bonchev–Trinajstić information content (AvgIpc) is 2.63. The van der Waals surface area contributed by atoms with Crippen LogP contribution < -0.4 is 10.9 Å². The normalized spacial score (nSPS) is 11.0. The number of hydrogen-bond donors (Lipinski definition) is 1. The van der Waals surface area contributed by atoms with Crippen LogP contribution in [0.4, 0.5) is 0 Å². The smallest absolute Gasteiger partial charge is 0.276 e. The number of pyridine rings is 2. The zero-order chi connectivity index (χ0) is 16.9. The van der Waals surface area contributed by atoms with Gasteiger partial charge in [-0.2, -0.15) is 5.10 Å². The van der Waals surface area contributed by atoms with Gasteiger partial charge in [0.2, 0.25) is 5.43 Å². The lowest BCUT2D eigenvalue weighted by molar-refractivity contribution is 0.0953. The van der Waals surface area contributed by atoms with Crippen molar-refractivity contribution in [1.29, 1.82) is 0 Å². The quantitative estimate of drug-likeness (QED) is 0.591. The molecule has 120 valence electrons. The minimum Gasteiger partial charge on any atom is -0.347 e. The maximum atomic E-state index is 12.5. The van der Waals surface area contributed by atoms with Crippen molar-refractivity contribution in [3.8, 4) is 0 Å². The molecule has 0 unspecified atom stereocenters. The number of aromatic nitrogens is 2. The molecule has 0 fully saturated rings. The molecule has 0 atom stereocenters. The highest BCUT2D eigenvalue weighted by Crippen LogP contribution is 2.11. The van der Waals surface area contributed by atoms with Gasteiger partial charge in [0.1, 0.15) is 5.56 Å². The van der Waals surface area contributed by atoms with E-state index in [-0.39, 0.29) is 11.0 Å². The highest BCUT2D eigenvalue weighted by atomic mass is 16.2. The van der Waals surface area contributed by atoms with Gasteiger partial charge >= 0.3 is 0 Å². The van der Waals surface area contributed by atoms with E-state index in [0.29, 0.717) is 11.9 Å². The van der Waals surface area contributed by atoms with Gasteiger partial charge in [0, 0.05) is 30.5 Å². The highest BCUT2D eigenvalue weighted by Gasteiger charge is 2.14. The number of benzene rings is 1. The SMILES string of the molecule is CCn1cc(C(=O)N/N=C/c2ccncc2)c(=O)c2ccccc21. The fourth-order valence-corrected chi connectivity index (χ4v) is 2.44. The molecule has 6 nitrogen and oxygen atoms in total. The zero-order valence-corrected chi connectivity index (χ0v) is 13.1. The Morgan fingerprint density at radius 2 is 2.00 bits per heavy atom. The Labute approximate surface area is 138 Å². The molecule has 0 radical (unpaired) electrons. The molecular weight excluding hydrogens is 304 g/mol. The van der Waals surface area contributed by atoms with Gasteiger partial charge in [0.15, 0.2) is 0 Å². The van der Waals surface area contributed by atoms with E-state index in [1.165, 1.54) is 6.21 Å². The minimum absolute atomic E-state index is 0.0717. The summed E-state index contributed by atoms with van der Waals surface area (Å²) >= 11 is 0. The monoisotopic (exact) mass is 320 g/mol. The van der Waals surface area contributed by atoms with E-state index in [4.69, 9.17) is 0 Å². The van der Waals surface area contributed by atoms with Crippen molar-refractivity contribution in [3.05, 3.63) is 76.3 Å². The van der Waals surface area contributed by atoms with Gasteiger partial charge in [-0.15, -0.1) is 0 Å². The number of aryl methyl sites for hydroxylation is 1. The number of hydrogen-bond acceptors (Lipinski definition) is 4. The molecule has 2 heterocycles. The van der Waals surface area contributed by atoms with E-state index in [1.807, 2.05) is 23.6 Å². The Kier molecular flexibility index (Phi) is 4.47. The third kappa shape index (κ3) is 3.08. The van der Waals surface area contributed by atoms with Crippen molar-refractivity contribution >= 4 is 23.0 Å². The van der Waals surface area contributed by atoms with Crippen LogP contribution in [-0.2, 0) is 6.54 Å². The van der Waals surface area contributed by atoms with Gasteiger partial charge in [-0.25, -0.2) is 5.43 Å². The lowest BCUT2D eigenvalue weighted by Gasteiger charge is -2.10. The first-order chi connectivity index (χ1) is 11.7. The number of carbonyl (C=O) groups excluding carboxylic acids is 1. The Morgan fingerprint density at radius 3 is 2.75 bits per heavy atom. The van der Waals surface area contributed by atoms with Crippen LogP contribution in [0.25, 0.3) is 10.9 Å². The molecule has 0 spiro atoms. The molecule has 3 rings (SSSR count). The number of fused-ring (bicyclic) bond motifs is 1. The van der Waals surface area contributed by atoms with Crippen molar-refractivity contribution < 1.29 is 4.79 Å². The summed E-state index contributed by atoms with van der Waals surface area (Å²) in [6.07, 6.45) is 6.33. The highest BCUT2D eigenvalue weighted by molar-refractivity contribution is 5.97. The van der Waals surface area contributed by atoms with Gasteiger partial charge in [0.05, 0.1) is 11.7 Å². The first-order valence-corrected chi connectivity index (χ1v) is 7.56. The lowest BCUT2D eigenvalue weighted by Crippen LogP contribution is -2.26. The maximum Gasteiger partial charge on any atom is 0.276 e. The Bertz CT molecular complexity index is 962. The van der Waals surface area contributed by atoms with Gasteiger partial charge in [-0.05, 0) is 36.8 Å². The van der Waals surface area contributed by atoms with Crippen LogP contribution in [0.3, 0.4) is 0 Å². The van der Waals surface area contributed by atoms with Crippen LogP contribution in [0, 0.1) is 0 Å². The topological polar surface area (TPSA) is 76.3 Å². The number of nitrogens with one attached hydrogen (secondary N) is 1. The lowest BCUT2D eigenvalue weighted by atomic mass is 10.1. The van der Waals surface area contributed by atoms with Crippen LogP contribution in [0.5, 0.6) is 0 Å². The second-order valence-electron chi connectivity index (χ2n) is 5.15. The third-order valence-corrected chi connectivity index (χ3v) is 3.66. The molecule has 1 amide bonds. The Morgan fingerprint density at radius 1 is 1.25 bits per heavy atom. The number of rotatable bonds is 4. The molecule has 0 aliphatic heterocycles. The molecule has 1 N–H and O–H groups in total. The van der Waals surface area contributed by atoms with Gasteiger partial charge in [-0.1, -0.05) is 12.1 Å². The summed E-state index contributed by atoms with van der Waals surface area (Å²) < 4.78 is 1.87. The molecule has 1 aromatic carbocycles. The summed E-state index contributed by atoms with van der Waals surface area (Å²) in [5.74, 6) is -0.529. The largest absolute Gasteiger partial charge is 0.347 e. The number of hydrazone groups is 1. The van der Waals surface area contributed by atoms with Crippen molar-refractivity contribution in [2.45, 2.75) is 13.5 Å². The molecule has 0 saturated heterocycles. The summed E-state index contributed by atoms with van der Waals surface area (Å²) in [7, 11) is 0. The first-order valence-electron chi connectivity index (χ1n) is 7.56. The zero-order valence-electron chi connectivity index (χ0n) is 13.1. The van der Waals surface area contributed by atoms with E-state index in [9.17, 15) is 9.59 Å². The molecule has 2 aromatic heterocycles. The van der Waals surface area contributed by atoms with Crippen LogP contribution in [-0.4, -0.2) is 21.7 Å².